The minimum Gasteiger partial charge on any atom is -0.395 e. The Labute approximate surface area is 88.7 Å². The highest BCUT2D eigenvalue weighted by Gasteiger charge is 2.03. The summed E-state index contributed by atoms with van der Waals surface area (Å²) >= 11 is 2.35. The lowest BCUT2D eigenvalue weighted by Crippen LogP contribution is -2.03. The zero-order valence-corrected chi connectivity index (χ0v) is 9.91. The van der Waals surface area contributed by atoms with Gasteiger partial charge in [-0.15, -0.1) is 0 Å². The molecule has 12 heavy (non-hydrogen) atoms. The molecule has 2 atom stereocenters. The van der Waals surface area contributed by atoms with Gasteiger partial charge in [-0.2, -0.15) is 0 Å². The van der Waals surface area contributed by atoms with E-state index in [1.807, 2.05) is 13.0 Å². The van der Waals surface area contributed by atoms with Crippen molar-refractivity contribution >= 4 is 22.6 Å². The van der Waals surface area contributed by atoms with Crippen LogP contribution in [-0.4, -0.2) is 16.1 Å². The molecule has 0 amide bonds. The van der Waals surface area contributed by atoms with Crippen LogP contribution >= 0.6 is 22.6 Å². The van der Waals surface area contributed by atoms with E-state index in [1.165, 1.54) is 0 Å². The average Bonchev–Trinajstić information content (AvgIpc) is 2.04. The molecule has 2 unspecified atom stereocenters. The molecular weight excluding hydrogens is 263 g/mol. The van der Waals surface area contributed by atoms with Gasteiger partial charge in [0.25, 0.3) is 0 Å². The molecule has 0 radical (unpaired) electrons. The topological polar surface area (TPSA) is 20.2 Å². The van der Waals surface area contributed by atoms with Gasteiger partial charge in [-0.1, -0.05) is 53.8 Å². The Morgan fingerprint density at radius 1 is 1.58 bits per heavy atom. The fourth-order valence-corrected chi connectivity index (χ4v) is 1.05. The standard InChI is InChI=1S/C10H17IO/c1-8(2)10(7-12)5-4-9(3)6-11/h4-5,9-10,12H,1,6-7H2,2-3H3. The van der Waals surface area contributed by atoms with Crippen molar-refractivity contribution < 1.29 is 5.11 Å². The Kier molecular flexibility index (Phi) is 6.76. The van der Waals surface area contributed by atoms with E-state index in [0.29, 0.717) is 5.92 Å². The lowest BCUT2D eigenvalue weighted by molar-refractivity contribution is 0.268. The number of alkyl halides is 1. The lowest BCUT2D eigenvalue weighted by atomic mass is 10.0. The molecule has 0 saturated heterocycles. The SMILES string of the molecule is C=C(C)C(C=CC(C)CI)CO. The lowest BCUT2D eigenvalue weighted by Gasteiger charge is -2.09. The van der Waals surface area contributed by atoms with E-state index in [9.17, 15) is 0 Å². The number of aliphatic hydroxyl groups is 1. The number of aliphatic hydroxyl groups excluding tert-OH is 1. The third kappa shape index (κ3) is 4.93. The zero-order chi connectivity index (χ0) is 9.56. The molecule has 0 bridgehead atoms. The maximum atomic E-state index is 8.97. The van der Waals surface area contributed by atoms with Gasteiger partial charge in [0, 0.05) is 10.3 Å². The smallest absolute Gasteiger partial charge is 0.0531 e. The largest absolute Gasteiger partial charge is 0.395 e. The van der Waals surface area contributed by atoms with E-state index in [4.69, 9.17) is 5.11 Å². The fourth-order valence-electron chi connectivity index (χ4n) is 0.756. The third-order valence-corrected chi connectivity index (χ3v) is 3.13. The second-order valence-electron chi connectivity index (χ2n) is 3.15. The molecule has 70 valence electrons. The van der Waals surface area contributed by atoms with Crippen LogP contribution in [0, 0.1) is 11.8 Å². The molecule has 0 fully saturated rings. The zero-order valence-electron chi connectivity index (χ0n) is 7.76. The highest BCUT2D eigenvalue weighted by Crippen LogP contribution is 2.11. The first kappa shape index (κ1) is 12.2. The van der Waals surface area contributed by atoms with Gasteiger partial charge in [-0.25, -0.2) is 0 Å². The Morgan fingerprint density at radius 3 is 2.50 bits per heavy atom. The molecule has 0 heterocycles. The molecule has 0 aliphatic rings. The molecule has 0 aliphatic carbocycles. The molecule has 0 aromatic carbocycles. The van der Waals surface area contributed by atoms with Gasteiger partial charge >= 0.3 is 0 Å². The van der Waals surface area contributed by atoms with E-state index >= 15 is 0 Å². The summed E-state index contributed by atoms with van der Waals surface area (Å²) < 4.78 is 1.11. The predicted octanol–water partition coefficient (Wildman–Crippen LogP) is 2.80. The molecule has 0 saturated carbocycles. The molecule has 0 aromatic heterocycles. The van der Waals surface area contributed by atoms with Crippen LogP contribution in [0.5, 0.6) is 0 Å². The van der Waals surface area contributed by atoms with Crippen LogP contribution in [-0.2, 0) is 0 Å². The van der Waals surface area contributed by atoms with Gasteiger partial charge in [-0.3, -0.25) is 0 Å². The summed E-state index contributed by atoms with van der Waals surface area (Å²) in [6, 6.07) is 0. The van der Waals surface area contributed by atoms with Crippen molar-refractivity contribution in [2.24, 2.45) is 11.8 Å². The van der Waals surface area contributed by atoms with Gasteiger partial charge in [0.1, 0.15) is 0 Å². The van der Waals surface area contributed by atoms with Crippen molar-refractivity contribution in [2.75, 3.05) is 11.0 Å². The van der Waals surface area contributed by atoms with Crippen molar-refractivity contribution in [3.63, 3.8) is 0 Å². The quantitative estimate of drug-likeness (QED) is 0.466. The van der Waals surface area contributed by atoms with E-state index in [-0.39, 0.29) is 12.5 Å². The van der Waals surface area contributed by atoms with Gasteiger partial charge in [0.2, 0.25) is 0 Å². The van der Waals surface area contributed by atoms with Crippen LogP contribution in [0.25, 0.3) is 0 Å². The maximum Gasteiger partial charge on any atom is 0.0531 e. The number of allylic oxidation sites excluding steroid dienone is 1. The molecule has 0 rings (SSSR count). The minimum absolute atomic E-state index is 0.135. The summed E-state index contributed by atoms with van der Waals surface area (Å²) in [7, 11) is 0. The summed E-state index contributed by atoms with van der Waals surface area (Å²) in [5.41, 5.74) is 1.02. The van der Waals surface area contributed by atoms with Crippen LogP contribution in [0.2, 0.25) is 0 Å². The van der Waals surface area contributed by atoms with Crippen LogP contribution < -0.4 is 0 Å². The van der Waals surface area contributed by atoms with E-state index in [1.54, 1.807) is 0 Å². The second kappa shape index (κ2) is 6.66. The van der Waals surface area contributed by atoms with Crippen molar-refractivity contribution in [1.29, 1.82) is 0 Å². The molecule has 2 heteroatoms. The van der Waals surface area contributed by atoms with Gasteiger partial charge in [-0.05, 0) is 12.8 Å². The van der Waals surface area contributed by atoms with Crippen LogP contribution in [0.1, 0.15) is 13.8 Å². The summed E-state index contributed by atoms with van der Waals surface area (Å²) in [6.07, 6.45) is 4.19. The monoisotopic (exact) mass is 280 g/mol. The van der Waals surface area contributed by atoms with Crippen molar-refractivity contribution in [2.45, 2.75) is 13.8 Å². The summed E-state index contributed by atoms with van der Waals surface area (Å²) in [4.78, 5) is 0. The Hall–Kier alpha value is 0.170. The van der Waals surface area contributed by atoms with Crippen molar-refractivity contribution in [3.8, 4) is 0 Å². The normalized spacial score (nSPS) is 16.3. The average molecular weight is 280 g/mol. The van der Waals surface area contributed by atoms with Gasteiger partial charge in [0.15, 0.2) is 0 Å². The first-order valence-corrected chi connectivity index (χ1v) is 5.65. The van der Waals surface area contributed by atoms with Crippen molar-refractivity contribution in [3.05, 3.63) is 24.3 Å². The molecule has 0 spiro atoms. The fraction of sp³-hybridized carbons (Fsp3) is 0.600. The van der Waals surface area contributed by atoms with Crippen LogP contribution in [0.4, 0.5) is 0 Å². The van der Waals surface area contributed by atoms with Gasteiger partial charge in [0.05, 0.1) is 6.61 Å². The molecule has 0 aromatic rings. The Morgan fingerprint density at radius 2 is 2.17 bits per heavy atom. The number of rotatable bonds is 5. The third-order valence-electron chi connectivity index (χ3n) is 1.75. The van der Waals surface area contributed by atoms with E-state index in [0.717, 1.165) is 10.0 Å². The Bertz CT molecular complexity index is 163. The van der Waals surface area contributed by atoms with Crippen LogP contribution in [0.3, 0.4) is 0 Å². The van der Waals surface area contributed by atoms with Crippen LogP contribution in [0.15, 0.2) is 24.3 Å². The molecule has 1 N–H and O–H groups in total. The van der Waals surface area contributed by atoms with E-state index < -0.39 is 0 Å². The Balaban J connectivity index is 4.01. The minimum atomic E-state index is 0.135. The number of halogens is 1. The second-order valence-corrected chi connectivity index (χ2v) is 4.03. The highest BCUT2D eigenvalue weighted by molar-refractivity contribution is 14.1. The highest BCUT2D eigenvalue weighted by atomic mass is 127. The predicted molar refractivity (Wildman–Crippen MR) is 62.6 cm³/mol. The van der Waals surface area contributed by atoms with Crippen molar-refractivity contribution in [1.82, 2.24) is 0 Å². The summed E-state index contributed by atoms with van der Waals surface area (Å²) in [6.45, 7) is 8.09. The number of hydrogen-bond acceptors (Lipinski definition) is 1. The van der Waals surface area contributed by atoms with Gasteiger partial charge < -0.3 is 5.11 Å². The first-order chi connectivity index (χ1) is 5.61. The summed E-state index contributed by atoms with van der Waals surface area (Å²) in [5.74, 6) is 0.717. The first-order valence-electron chi connectivity index (χ1n) is 4.12. The maximum absolute atomic E-state index is 8.97. The summed E-state index contributed by atoms with van der Waals surface area (Å²) in [5, 5.41) is 8.97. The molecule has 0 aliphatic heterocycles. The molecule has 1 nitrogen and oxygen atoms in total. The molecular formula is C10H17IO. The number of hydrogen-bond donors (Lipinski definition) is 1. The van der Waals surface area contributed by atoms with E-state index in [2.05, 4.69) is 42.2 Å².